The van der Waals surface area contributed by atoms with Crippen LogP contribution in [0.15, 0.2) is 4.42 Å². The van der Waals surface area contributed by atoms with Crippen LogP contribution in [0.5, 0.6) is 0 Å². The highest BCUT2D eigenvalue weighted by Crippen LogP contribution is 2.20. The molecule has 6 heteroatoms. The van der Waals surface area contributed by atoms with Gasteiger partial charge in [-0.2, -0.15) is 0 Å². The molecular weight excluding hydrogens is 256 g/mol. The molecule has 1 aliphatic rings. The van der Waals surface area contributed by atoms with E-state index in [9.17, 15) is 4.79 Å². The largest absolute Gasteiger partial charge is 0.424 e. The number of likely N-dealkylation sites (tertiary alicyclic amines) is 1. The molecule has 2 rings (SSSR count). The number of carbonyl (C=O) groups excluding carboxylic acids is 1. The van der Waals surface area contributed by atoms with E-state index in [1.54, 1.807) is 6.92 Å². The molecule has 1 fully saturated rings. The number of nitrogens with zero attached hydrogens (tertiary/aromatic N) is 4. The summed E-state index contributed by atoms with van der Waals surface area (Å²) in [5.74, 6) is 2.05. The molecule has 0 N–H and O–H groups in total. The maximum Gasteiger partial charge on any atom is 0.230 e. The van der Waals surface area contributed by atoms with Gasteiger partial charge in [-0.3, -0.25) is 9.69 Å². The maximum absolute atomic E-state index is 11.8. The SMILES string of the molecule is Cc1nnc(CN(C)CC2CCC(=O)N(C(C)C)C2)o1. The van der Waals surface area contributed by atoms with E-state index in [-0.39, 0.29) is 11.9 Å². The van der Waals surface area contributed by atoms with Crippen molar-refractivity contribution in [2.24, 2.45) is 5.92 Å². The second-order valence-electron chi connectivity index (χ2n) is 5.96. The molecule has 0 aromatic carbocycles. The molecule has 1 amide bonds. The van der Waals surface area contributed by atoms with E-state index >= 15 is 0 Å². The minimum Gasteiger partial charge on any atom is -0.424 e. The van der Waals surface area contributed by atoms with Crippen LogP contribution < -0.4 is 0 Å². The molecule has 1 unspecified atom stereocenters. The molecule has 1 atom stereocenters. The Hall–Kier alpha value is -1.43. The molecule has 0 saturated carbocycles. The zero-order valence-corrected chi connectivity index (χ0v) is 12.8. The Bertz CT molecular complexity index is 458. The van der Waals surface area contributed by atoms with Crippen molar-refractivity contribution in [2.75, 3.05) is 20.1 Å². The summed E-state index contributed by atoms with van der Waals surface area (Å²) in [6.45, 7) is 8.40. The number of rotatable bonds is 5. The molecule has 0 bridgehead atoms. The molecule has 1 aromatic heterocycles. The number of hydrogen-bond donors (Lipinski definition) is 0. The smallest absolute Gasteiger partial charge is 0.230 e. The summed E-state index contributed by atoms with van der Waals surface area (Å²) in [6, 6.07) is 0.286. The molecule has 20 heavy (non-hydrogen) atoms. The summed E-state index contributed by atoms with van der Waals surface area (Å²) in [6.07, 6.45) is 1.63. The molecular formula is C14H24N4O2. The molecule has 2 heterocycles. The van der Waals surface area contributed by atoms with Crippen LogP contribution in [0.2, 0.25) is 0 Å². The average molecular weight is 280 g/mol. The highest BCUT2D eigenvalue weighted by atomic mass is 16.4. The summed E-state index contributed by atoms with van der Waals surface area (Å²) >= 11 is 0. The van der Waals surface area contributed by atoms with Crippen LogP contribution in [-0.2, 0) is 11.3 Å². The Balaban J connectivity index is 1.85. The van der Waals surface area contributed by atoms with Crippen LogP contribution in [0.1, 0.15) is 38.5 Å². The van der Waals surface area contributed by atoms with E-state index in [2.05, 4.69) is 36.0 Å². The fourth-order valence-corrected chi connectivity index (χ4v) is 2.73. The van der Waals surface area contributed by atoms with Crippen LogP contribution in [-0.4, -0.2) is 52.1 Å². The van der Waals surface area contributed by atoms with Gasteiger partial charge in [0.2, 0.25) is 17.7 Å². The van der Waals surface area contributed by atoms with Crippen molar-refractivity contribution in [3.05, 3.63) is 11.8 Å². The molecule has 0 spiro atoms. The van der Waals surface area contributed by atoms with Crippen LogP contribution >= 0.6 is 0 Å². The first-order valence-electron chi connectivity index (χ1n) is 7.22. The Labute approximate surface area is 120 Å². The third kappa shape index (κ3) is 3.79. The monoisotopic (exact) mass is 280 g/mol. The van der Waals surface area contributed by atoms with Crippen LogP contribution in [0.3, 0.4) is 0 Å². The van der Waals surface area contributed by atoms with Gasteiger partial charge >= 0.3 is 0 Å². The number of hydrogen-bond acceptors (Lipinski definition) is 5. The van der Waals surface area contributed by atoms with E-state index in [0.717, 1.165) is 19.5 Å². The van der Waals surface area contributed by atoms with Gasteiger partial charge in [-0.05, 0) is 33.2 Å². The normalized spacial score (nSPS) is 20.2. The van der Waals surface area contributed by atoms with Crippen molar-refractivity contribution in [3.63, 3.8) is 0 Å². The van der Waals surface area contributed by atoms with Crippen molar-refractivity contribution in [2.45, 2.75) is 46.2 Å². The van der Waals surface area contributed by atoms with Gasteiger partial charge in [0.15, 0.2) is 0 Å². The van der Waals surface area contributed by atoms with Gasteiger partial charge in [-0.25, -0.2) is 0 Å². The van der Waals surface area contributed by atoms with Crippen molar-refractivity contribution in [1.82, 2.24) is 20.0 Å². The number of aromatic nitrogens is 2. The van der Waals surface area contributed by atoms with Gasteiger partial charge in [-0.1, -0.05) is 0 Å². The number of amides is 1. The predicted molar refractivity (Wildman–Crippen MR) is 74.9 cm³/mol. The fraction of sp³-hybridized carbons (Fsp3) is 0.786. The first-order chi connectivity index (χ1) is 9.45. The molecule has 6 nitrogen and oxygen atoms in total. The van der Waals surface area contributed by atoms with Gasteiger partial charge in [-0.15, -0.1) is 10.2 Å². The topological polar surface area (TPSA) is 62.5 Å². The lowest BCUT2D eigenvalue weighted by molar-refractivity contribution is -0.136. The summed E-state index contributed by atoms with van der Waals surface area (Å²) in [7, 11) is 2.05. The maximum atomic E-state index is 11.8. The minimum atomic E-state index is 0.284. The van der Waals surface area contributed by atoms with Crippen LogP contribution in [0.4, 0.5) is 0 Å². The standard InChI is InChI=1S/C14H24N4O2/c1-10(2)18-8-12(5-6-14(18)19)7-17(4)9-13-16-15-11(3)20-13/h10,12H,5-9H2,1-4H3. The lowest BCUT2D eigenvalue weighted by Crippen LogP contribution is -2.46. The van der Waals surface area contributed by atoms with Crippen molar-refractivity contribution in [3.8, 4) is 0 Å². The Morgan fingerprint density at radius 3 is 2.80 bits per heavy atom. The Morgan fingerprint density at radius 2 is 2.20 bits per heavy atom. The molecule has 0 aliphatic carbocycles. The van der Waals surface area contributed by atoms with Gasteiger partial charge < -0.3 is 9.32 Å². The third-order valence-electron chi connectivity index (χ3n) is 3.71. The highest BCUT2D eigenvalue weighted by Gasteiger charge is 2.28. The van der Waals surface area contributed by atoms with Crippen LogP contribution in [0.25, 0.3) is 0 Å². The Kier molecular flexibility index (Phi) is 4.75. The summed E-state index contributed by atoms with van der Waals surface area (Å²) in [5.41, 5.74) is 0. The average Bonchev–Trinajstić information content (AvgIpc) is 2.76. The second-order valence-corrected chi connectivity index (χ2v) is 5.96. The van der Waals surface area contributed by atoms with E-state index in [1.165, 1.54) is 0 Å². The van der Waals surface area contributed by atoms with E-state index in [4.69, 9.17) is 4.42 Å². The zero-order chi connectivity index (χ0) is 14.7. The van der Waals surface area contributed by atoms with Crippen molar-refractivity contribution < 1.29 is 9.21 Å². The zero-order valence-electron chi connectivity index (χ0n) is 12.8. The van der Waals surface area contributed by atoms with Crippen molar-refractivity contribution >= 4 is 5.91 Å². The van der Waals surface area contributed by atoms with E-state index < -0.39 is 0 Å². The van der Waals surface area contributed by atoms with Gasteiger partial charge in [0.1, 0.15) is 0 Å². The minimum absolute atomic E-state index is 0.284. The third-order valence-corrected chi connectivity index (χ3v) is 3.71. The lowest BCUT2D eigenvalue weighted by atomic mass is 9.96. The molecule has 0 radical (unpaired) electrons. The first-order valence-corrected chi connectivity index (χ1v) is 7.22. The highest BCUT2D eigenvalue weighted by molar-refractivity contribution is 5.77. The van der Waals surface area contributed by atoms with Gasteiger partial charge in [0, 0.05) is 32.5 Å². The second kappa shape index (κ2) is 6.35. The summed E-state index contributed by atoms with van der Waals surface area (Å²) in [5, 5.41) is 7.85. The summed E-state index contributed by atoms with van der Waals surface area (Å²) in [4.78, 5) is 16.0. The quantitative estimate of drug-likeness (QED) is 0.817. The van der Waals surface area contributed by atoms with E-state index in [1.807, 2.05) is 4.90 Å². The molecule has 1 aliphatic heterocycles. The molecule has 1 saturated heterocycles. The number of carbonyl (C=O) groups is 1. The number of aryl methyl sites for hydroxylation is 1. The van der Waals surface area contributed by atoms with Crippen molar-refractivity contribution in [1.29, 1.82) is 0 Å². The van der Waals surface area contributed by atoms with Crippen LogP contribution in [0, 0.1) is 12.8 Å². The predicted octanol–water partition coefficient (Wildman–Crippen LogP) is 1.46. The van der Waals surface area contributed by atoms with E-state index in [0.29, 0.717) is 30.7 Å². The van der Waals surface area contributed by atoms with Gasteiger partial charge in [0.05, 0.1) is 6.54 Å². The number of piperidine rings is 1. The molecule has 1 aromatic rings. The molecule has 112 valence electrons. The van der Waals surface area contributed by atoms with Gasteiger partial charge in [0.25, 0.3) is 0 Å². The summed E-state index contributed by atoms with van der Waals surface area (Å²) < 4.78 is 5.39. The first kappa shape index (κ1) is 15.0. The lowest BCUT2D eigenvalue weighted by Gasteiger charge is -2.36. The fourth-order valence-electron chi connectivity index (χ4n) is 2.73. The Morgan fingerprint density at radius 1 is 1.45 bits per heavy atom.